The summed E-state index contributed by atoms with van der Waals surface area (Å²) in [5, 5.41) is 3.37. The van der Waals surface area contributed by atoms with Crippen LogP contribution in [0.15, 0.2) is 35.5 Å². The summed E-state index contributed by atoms with van der Waals surface area (Å²) >= 11 is 6.36. The van der Waals surface area contributed by atoms with Crippen LogP contribution >= 0.6 is 11.6 Å². The average Bonchev–Trinajstić information content (AvgIpc) is 3.25. The van der Waals surface area contributed by atoms with Crippen molar-refractivity contribution in [2.45, 2.75) is 39.0 Å². The standard InChI is InChI=1S/C23H30ClN3O4/c1-3-31-23(30)22-16(2)27(15-20(28)25-10-13-26-11-6-7-12-26)21(29)14-18(22)17-8-4-5-9-19(17)24/h4-5,8-9,18H,3,6-7,10-15H2,1-2H3,(H,25,28). The van der Waals surface area contributed by atoms with Crippen LogP contribution in [-0.2, 0) is 19.1 Å². The smallest absolute Gasteiger partial charge is 0.336 e. The van der Waals surface area contributed by atoms with Crippen molar-refractivity contribution in [1.82, 2.24) is 15.1 Å². The van der Waals surface area contributed by atoms with E-state index in [2.05, 4.69) is 10.2 Å². The van der Waals surface area contributed by atoms with E-state index in [1.165, 1.54) is 17.7 Å². The van der Waals surface area contributed by atoms with E-state index in [1.54, 1.807) is 26.0 Å². The number of nitrogens with one attached hydrogen (secondary N) is 1. The van der Waals surface area contributed by atoms with Crippen molar-refractivity contribution in [2.75, 3.05) is 39.3 Å². The minimum atomic E-state index is -0.505. The third kappa shape index (κ3) is 5.66. The van der Waals surface area contributed by atoms with E-state index in [-0.39, 0.29) is 31.4 Å². The van der Waals surface area contributed by atoms with E-state index in [1.807, 2.05) is 12.1 Å². The Morgan fingerprint density at radius 3 is 2.61 bits per heavy atom. The molecule has 0 aromatic heterocycles. The van der Waals surface area contributed by atoms with Crippen molar-refractivity contribution < 1.29 is 19.1 Å². The summed E-state index contributed by atoms with van der Waals surface area (Å²) in [4.78, 5) is 41.9. The molecule has 0 spiro atoms. The van der Waals surface area contributed by atoms with Crippen molar-refractivity contribution in [3.05, 3.63) is 46.1 Å². The molecule has 2 aliphatic heterocycles. The molecule has 1 unspecified atom stereocenters. The Kier molecular flexibility index (Phi) is 8.09. The van der Waals surface area contributed by atoms with E-state index in [0.717, 1.165) is 19.6 Å². The number of nitrogens with zero attached hydrogens (tertiary/aromatic N) is 2. The van der Waals surface area contributed by atoms with E-state index in [9.17, 15) is 14.4 Å². The maximum absolute atomic E-state index is 13.0. The fourth-order valence-electron chi connectivity index (χ4n) is 4.26. The van der Waals surface area contributed by atoms with Gasteiger partial charge in [-0.2, -0.15) is 0 Å². The van der Waals surface area contributed by atoms with Crippen LogP contribution in [0.4, 0.5) is 0 Å². The number of amides is 2. The molecule has 0 bridgehead atoms. The Labute approximate surface area is 188 Å². The van der Waals surface area contributed by atoms with Crippen LogP contribution in [-0.4, -0.2) is 66.9 Å². The third-order valence-corrected chi connectivity index (χ3v) is 6.19. The number of esters is 1. The number of allylic oxidation sites excluding steroid dienone is 1. The fraction of sp³-hybridized carbons (Fsp3) is 0.522. The summed E-state index contributed by atoms with van der Waals surface area (Å²) in [6.45, 7) is 6.98. The average molecular weight is 448 g/mol. The number of benzene rings is 1. The van der Waals surface area contributed by atoms with Crippen LogP contribution in [0.3, 0.4) is 0 Å². The third-order valence-electron chi connectivity index (χ3n) is 5.85. The van der Waals surface area contributed by atoms with Crippen LogP contribution in [0, 0.1) is 0 Å². The number of hydrogen-bond acceptors (Lipinski definition) is 5. The molecule has 0 radical (unpaired) electrons. The molecule has 7 nitrogen and oxygen atoms in total. The summed E-state index contributed by atoms with van der Waals surface area (Å²) in [6, 6.07) is 7.17. The van der Waals surface area contributed by atoms with Crippen LogP contribution in [0.25, 0.3) is 0 Å². The van der Waals surface area contributed by atoms with Crippen LogP contribution < -0.4 is 5.32 Å². The molecule has 1 N–H and O–H groups in total. The van der Waals surface area contributed by atoms with Gasteiger partial charge in [-0.15, -0.1) is 0 Å². The summed E-state index contributed by atoms with van der Waals surface area (Å²) in [5.41, 5.74) is 1.52. The molecule has 1 atom stereocenters. The van der Waals surface area contributed by atoms with Crippen LogP contribution in [0.2, 0.25) is 5.02 Å². The van der Waals surface area contributed by atoms with Gasteiger partial charge in [-0.1, -0.05) is 29.8 Å². The topological polar surface area (TPSA) is 79.0 Å². The van der Waals surface area contributed by atoms with E-state index < -0.39 is 11.9 Å². The van der Waals surface area contributed by atoms with Gasteiger partial charge in [0.05, 0.1) is 12.2 Å². The lowest BCUT2D eigenvalue weighted by molar-refractivity contribution is -0.141. The molecule has 168 valence electrons. The Hall–Kier alpha value is -2.38. The molecule has 1 aromatic rings. The SMILES string of the molecule is CCOC(=O)C1=C(C)N(CC(=O)NCCN2CCCC2)C(=O)CC1c1ccccc1Cl. The Bertz CT molecular complexity index is 864. The zero-order valence-corrected chi connectivity index (χ0v) is 18.9. The van der Waals surface area contributed by atoms with Crippen molar-refractivity contribution >= 4 is 29.4 Å². The maximum atomic E-state index is 13.0. The second kappa shape index (κ2) is 10.8. The van der Waals surface area contributed by atoms with Gasteiger partial charge in [0.15, 0.2) is 0 Å². The highest BCUT2D eigenvalue weighted by Gasteiger charge is 2.38. The van der Waals surface area contributed by atoms with Crippen molar-refractivity contribution in [3.8, 4) is 0 Å². The highest BCUT2D eigenvalue weighted by molar-refractivity contribution is 6.31. The number of ether oxygens (including phenoxy) is 1. The molecule has 1 fully saturated rings. The summed E-state index contributed by atoms with van der Waals surface area (Å²) in [7, 11) is 0. The minimum absolute atomic E-state index is 0.0519. The first-order valence-corrected chi connectivity index (χ1v) is 11.2. The summed E-state index contributed by atoms with van der Waals surface area (Å²) in [6.07, 6.45) is 2.45. The highest BCUT2D eigenvalue weighted by Crippen LogP contribution is 2.39. The first kappa shape index (κ1) is 23.3. The second-order valence-corrected chi connectivity index (χ2v) is 8.28. The van der Waals surface area contributed by atoms with Gasteiger partial charge in [0.1, 0.15) is 6.54 Å². The lowest BCUT2D eigenvalue weighted by Crippen LogP contribution is -2.45. The molecule has 31 heavy (non-hydrogen) atoms. The van der Waals surface area contributed by atoms with Gasteiger partial charge < -0.3 is 19.9 Å². The highest BCUT2D eigenvalue weighted by atomic mass is 35.5. The molecule has 3 rings (SSSR count). The number of carbonyl (C=O) groups is 3. The lowest BCUT2D eigenvalue weighted by atomic mass is 9.83. The molecule has 2 amide bonds. The van der Waals surface area contributed by atoms with Gasteiger partial charge >= 0.3 is 5.97 Å². The van der Waals surface area contributed by atoms with Crippen LogP contribution in [0.1, 0.15) is 44.6 Å². The lowest BCUT2D eigenvalue weighted by Gasteiger charge is -2.34. The maximum Gasteiger partial charge on any atom is 0.336 e. The predicted molar refractivity (Wildman–Crippen MR) is 119 cm³/mol. The van der Waals surface area contributed by atoms with Gasteiger partial charge in [-0.3, -0.25) is 9.59 Å². The first-order chi connectivity index (χ1) is 14.9. The van der Waals surface area contributed by atoms with E-state index in [0.29, 0.717) is 28.4 Å². The van der Waals surface area contributed by atoms with Crippen LogP contribution in [0.5, 0.6) is 0 Å². The minimum Gasteiger partial charge on any atom is -0.463 e. The first-order valence-electron chi connectivity index (χ1n) is 10.8. The van der Waals surface area contributed by atoms with E-state index in [4.69, 9.17) is 16.3 Å². The molecular formula is C23H30ClN3O4. The molecule has 2 aliphatic rings. The Morgan fingerprint density at radius 1 is 1.23 bits per heavy atom. The number of likely N-dealkylation sites (tertiary alicyclic amines) is 1. The number of carbonyl (C=O) groups excluding carboxylic acids is 3. The van der Waals surface area contributed by atoms with Crippen molar-refractivity contribution in [1.29, 1.82) is 0 Å². The molecule has 1 aromatic carbocycles. The Balaban J connectivity index is 1.77. The molecule has 0 saturated carbocycles. The number of rotatable bonds is 8. The zero-order valence-electron chi connectivity index (χ0n) is 18.2. The molecule has 8 heteroatoms. The molecule has 2 heterocycles. The molecule has 0 aliphatic carbocycles. The van der Waals surface area contributed by atoms with E-state index >= 15 is 0 Å². The number of hydrogen-bond donors (Lipinski definition) is 1. The van der Waals surface area contributed by atoms with Gasteiger partial charge in [-0.25, -0.2) is 4.79 Å². The predicted octanol–water partition coefficient (Wildman–Crippen LogP) is 2.71. The molecular weight excluding hydrogens is 418 g/mol. The van der Waals surface area contributed by atoms with Crippen molar-refractivity contribution in [3.63, 3.8) is 0 Å². The fourth-order valence-corrected chi connectivity index (χ4v) is 4.53. The molecule has 1 saturated heterocycles. The Morgan fingerprint density at radius 2 is 1.94 bits per heavy atom. The largest absolute Gasteiger partial charge is 0.463 e. The summed E-state index contributed by atoms with van der Waals surface area (Å²) in [5.74, 6) is -1.46. The zero-order chi connectivity index (χ0) is 22.4. The second-order valence-electron chi connectivity index (χ2n) is 7.88. The number of halogens is 1. The van der Waals surface area contributed by atoms with Gasteiger partial charge in [-0.05, 0) is 51.4 Å². The normalized spacial score (nSPS) is 19.6. The summed E-state index contributed by atoms with van der Waals surface area (Å²) < 4.78 is 5.27. The van der Waals surface area contributed by atoms with Gasteiger partial charge in [0.25, 0.3) is 0 Å². The monoisotopic (exact) mass is 447 g/mol. The van der Waals surface area contributed by atoms with Gasteiger partial charge in [0, 0.05) is 36.1 Å². The van der Waals surface area contributed by atoms with Gasteiger partial charge in [0.2, 0.25) is 11.8 Å². The quantitative estimate of drug-likeness (QED) is 0.620. The van der Waals surface area contributed by atoms with Crippen molar-refractivity contribution in [2.24, 2.45) is 0 Å².